The molecule has 0 aliphatic rings. The summed E-state index contributed by atoms with van der Waals surface area (Å²) < 4.78 is 0. The Bertz CT molecular complexity index is 182. The summed E-state index contributed by atoms with van der Waals surface area (Å²) in [5.74, 6) is -1.22. The first-order chi connectivity index (χ1) is 5.42. The third-order valence-corrected chi connectivity index (χ3v) is 1.99. The maximum Gasteiger partial charge on any atom is 0.316 e. The van der Waals surface area contributed by atoms with E-state index < -0.39 is 11.4 Å². The van der Waals surface area contributed by atoms with Crippen LogP contribution in [0.2, 0.25) is 0 Å². The highest BCUT2D eigenvalue weighted by atomic mass is 16.4. The van der Waals surface area contributed by atoms with Crippen molar-refractivity contribution in [3.8, 4) is 0 Å². The van der Waals surface area contributed by atoms with Crippen LogP contribution in [0.25, 0.3) is 0 Å². The second-order valence-corrected chi connectivity index (χ2v) is 3.46. The maximum absolute atomic E-state index is 11.3. The lowest BCUT2D eigenvalue weighted by atomic mass is 9.86. The highest BCUT2D eigenvalue weighted by Crippen LogP contribution is 2.19. The van der Waals surface area contributed by atoms with E-state index in [4.69, 9.17) is 5.11 Å². The summed E-state index contributed by atoms with van der Waals surface area (Å²) in [6.07, 6.45) is 2.06. The molecule has 0 saturated carbocycles. The van der Waals surface area contributed by atoms with Crippen LogP contribution < -0.4 is 0 Å². The molecule has 70 valence electrons. The zero-order valence-electron chi connectivity index (χ0n) is 7.89. The lowest BCUT2D eigenvalue weighted by Gasteiger charge is -2.16. The maximum atomic E-state index is 11.3. The van der Waals surface area contributed by atoms with E-state index in [0.717, 1.165) is 12.8 Å². The fraction of sp³-hybridized carbons (Fsp3) is 0.778. The number of unbranched alkanes of at least 4 members (excludes halogenated alkanes) is 1. The van der Waals surface area contributed by atoms with E-state index in [0.29, 0.717) is 6.42 Å². The Kier molecular flexibility index (Phi) is 3.93. The summed E-state index contributed by atoms with van der Waals surface area (Å²) in [4.78, 5) is 21.9. The number of carboxylic acid groups (broad SMARTS) is 1. The molecule has 0 aromatic carbocycles. The van der Waals surface area contributed by atoms with Crippen molar-refractivity contribution in [2.45, 2.75) is 40.0 Å². The van der Waals surface area contributed by atoms with Gasteiger partial charge in [-0.3, -0.25) is 9.59 Å². The predicted octanol–water partition coefficient (Wildman–Crippen LogP) is 1.86. The quantitative estimate of drug-likeness (QED) is 0.644. The molecule has 0 radical (unpaired) electrons. The number of hydrogen-bond donors (Lipinski definition) is 1. The fourth-order valence-electron chi connectivity index (χ4n) is 0.769. The van der Waals surface area contributed by atoms with Gasteiger partial charge in [0.05, 0.1) is 0 Å². The molecular formula is C9H16O3. The van der Waals surface area contributed by atoms with Crippen molar-refractivity contribution in [1.29, 1.82) is 0 Å². The molecule has 0 aliphatic carbocycles. The molecule has 0 bridgehead atoms. The summed E-state index contributed by atoms with van der Waals surface area (Å²) in [6, 6.07) is 0. The SMILES string of the molecule is CCCCC(=O)C(C)(C)C(=O)O. The Morgan fingerprint density at radius 3 is 2.17 bits per heavy atom. The van der Waals surface area contributed by atoms with Crippen molar-refractivity contribution in [3.05, 3.63) is 0 Å². The number of carboxylic acids is 1. The zero-order chi connectivity index (χ0) is 9.78. The molecule has 0 atom stereocenters. The van der Waals surface area contributed by atoms with Crippen LogP contribution in [-0.2, 0) is 9.59 Å². The number of rotatable bonds is 5. The smallest absolute Gasteiger partial charge is 0.316 e. The molecule has 0 aromatic rings. The summed E-state index contributed by atoms with van der Waals surface area (Å²) >= 11 is 0. The largest absolute Gasteiger partial charge is 0.481 e. The van der Waals surface area contributed by atoms with Gasteiger partial charge in [-0.25, -0.2) is 0 Å². The number of aliphatic carboxylic acids is 1. The van der Waals surface area contributed by atoms with E-state index in [9.17, 15) is 9.59 Å². The molecular weight excluding hydrogens is 156 g/mol. The van der Waals surface area contributed by atoms with Crippen LogP contribution in [0.4, 0.5) is 0 Å². The molecule has 0 heterocycles. The highest BCUT2D eigenvalue weighted by Gasteiger charge is 2.34. The Balaban J connectivity index is 4.16. The average molecular weight is 172 g/mol. The minimum absolute atomic E-state index is 0.183. The normalized spacial score (nSPS) is 11.2. The van der Waals surface area contributed by atoms with Gasteiger partial charge < -0.3 is 5.11 Å². The molecule has 0 aliphatic heterocycles. The minimum atomic E-state index is -1.21. The molecule has 0 saturated heterocycles. The van der Waals surface area contributed by atoms with E-state index in [1.807, 2.05) is 6.92 Å². The van der Waals surface area contributed by atoms with Gasteiger partial charge in [0.2, 0.25) is 0 Å². The van der Waals surface area contributed by atoms with Gasteiger partial charge in [-0.05, 0) is 20.3 Å². The Morgan fingerprint density at radius 2 is 1.83 bits per heavy atom. The second kappa shape index (κ2) is 4.24. The van der Waals surface area contributed by atoms with E-state index in [-0.39, 0.29) is 5.78 Å². The van der Waals surface area contributed by atoms with Crippen LogP contribution in [0.5, 0.6) is 0 Å². The summed E-state index contributed by atoms with van der Waals surface area (Å²) in [7, 11) is 0. The Labute approximate surface area is 72.8 Å². The van der Waals surface area contributed by atoms with E-state index in [2.05, 4.69) is 0 Å². The predicted molar refractivity (Wildman–Crippen MR) is 45.9 cm³/mol. The van der Waals surface area contributed by atoms with Crippen LogP contribution in [0.1, 0.15) is 40.0 Å². The molecule has 0 spiro atoms. The summed E-state index contributed by atoms with van der Waals surface area (Å²) in [5.41, 5.74) is -1.21. The first-order valence-corrected chi connectivity index (χ1v) is 4.19. The molecule has 0 aromatic heterocycles. The van der Waals surface area contributed by atoms with Gasteiger partial charge in [-0.2, -0.15) is 0 Å². The molecule has 0 amide bonds. The molecule has 1 N–H and O–H groups in total. The Hall–Kier alpha value is -0.860. The van der Waals surface area contributed by atoms with Crippen LogP contribution >= 0.6 is 0 Å². The topological polar surface area (TPSA) is 54.4 Å². The molecule has 3 heteroatoms. The van der Waals surface area contributed by atoms with Gasteiger partial charge >= 0.3 is 5.97 Å². The lowest BCUT2D eigenvalue weighted by molar-refractivity contribution is -0.152. The van der Waals surface area contributed by atoms with Crippen LogP contribution in [0, 0.1) is 5.41 Å². The van der Waals surface area contributed by atoms with Gasteiger partial charge in [0.1, 0.15) is 11.2 Å². The number of carbonyl (C=O) groups is 2. The van der Waals surface area contributed by atoms with Gasteiger partial charge in [0, 0.05) is 6.42 Å². The number of carbonyl (C=O) groups excluding carboxylic acids is 1. The van der Waals surface area contributed by atoms with Crippen molar-refractivity contribution >= 4 is 11.8 Å². The average Bonchev–Trinajstić information content (AvgIpc) is 1.99. The number of Topliss-reactive ketones (excluding diaryl/α,β-unsaturated/α-hetero) is 1. The van der Waals surface area contributed by atoms with Gasteiger partial charge in [0.15, 0.2) is 0 Å². The molecule has 3 nitrogen and oxygen atoms in total. The van der Waals surface area contributed by atoms with Crippen LogP contribution in [-0.4, -0.2) is 16.9 Å². The standard InChI is InChI=1S/C9H16O3/c1-4-5-6-7(10)9(2,3)8(11)12/h4-6H2,1-3H3,(H,11,12). The van der Waals surface area contributed by atoms with Gasteiger partial charge in [-0.15, -0.1) is 0 Å². The highest BCUT2D eigenvalue weighted by molar-refractivity contribution is 6.02. The lowest BCUT2D eigenvalue weighted by Crippen LogP contribution is -2.33. The van der Waals surface area contributed by atoms with Crippen molar-refractivity contribution < 1.29 is 14.7 Å². The second-order valence-electron chi connectivity index (χ2n) is 3.46. The molecule has 0 rings (SSSR count). The third kappa shape index (κ3) is 2.64. The fourth-order valence-corrected chi connectivity index (χ4v) is 0.769. The molecule has 0 fully saturated rings. The van der Waals surface area contributed by atoms with E-state index >= 15 is 0 Å². The van der Waals surface area contributed by atoms with Crippen LogP contribution in [0.15, 0.2) is 0 Å². The van der Waals surface area contributed by atoms with Crippen molar-refractivity contribution in [2.75, 3.05) is 0 Å². The zero-order valence-corrected chi connectivity index (χ0v) is 7.89. The minimum Gasteiger partial charge on any atom is -0.481 e. The summed E-state index contributed by atoms with van der Waals surface area (Å²) in [6.45, 7) is 4.88. The molecule has 12 heavy (non-hydrogen) atoms. The first-order valence-electron chi connectivity index (χ1n) is 4.19. The van der Waals surface area contributed by atoms with Crippen LogP contribution in [0.3, 0.4) is 0 Å². The Morgan fingerprint density at radius 1 is 1.33 bits per heavy atom. The van der Waals surface area contributed by atoms with E-state index in [1.165, 1.54) is 13.8 Å². The summed E-state index contributed by atoms with van der Waals surface area (Å²) in [5, 5.41) is 8.69. The monoisotopic (exact) mass is 172 g/mol. The van der Waals surface area contributed by atoms with E-state index in [1.54, 1.807) is 0 Å². The first kappa shape index (κ1) is 11.1. The number of hydrogen-bond acceptors (Lipinski definition) is 2. The number of ketones is 1. The van der Waals surface area contributed by atoms with Gasteiger partial charge in [-0.1, -0.05) is 13.3 Å². The molecule has 0 unspecified atom stereocenters. The van der Waals surface area contributed by atoms with Crippen molar-refractivity contribution in [3.63, 3.8) is 0 Å². The van der Waals surface area contributed by atoms with Gasteiger partial charge in [0.25, 0.3) is 0 Å². The van der Waals surface area contributed by atoms with Crippen molar-refractivity contribution in [2.24, 2.45) is 5.41 Å². The van der Waals surface area contributed by atoms with Crippen molar-refractivity contribution in [1.82, 2.24) is 0 Å². The third-order valence-electron chi connectivity index (χ3n) is 1.99.